The molecule has 0 aliphatic carbocycles. The van der Waals surface area contributed by atoms with Gasteiger partial charge >= 0.3 is 0 Å². The van der Waals surface area contributed by atoms with E-state index in [0.717, 1.165) is 51.4 Å². The second-order valence-corrected chi connectivity index (χ2v) is 18.9. The maximum atomic E-state index is 12.2. The highest BCUT2D eigenvalue weighted by Crippen LogP contribution is 2.43. The van der Waals surface area contributed by atoms with Crippen molar-refractivity contribution in [3.63, 3.8) is 0 Å². The molecule has 4 unspecified atom stereocenters. The molecule has 0 heterocycles. The molecule has 57 heavy (non-hydrogen) atoms. The molecular weight excluding hydrogens is 701 g/mol. The van der Waals surface area contributed by atoms with E-state index < -0.39 is 29.8 Å². The van der Waals surface area contributed by atoms with Crippen LogP contribution in [0.15, 0.2) is 0 Å². The van der Waals surface area contributed by atoms with Crippen LogP contribution in [0.1, 0.15) is 310 Å². The van der Waals surface area contributed by atoms with Gasteiger partial charge in [0, 0.05) is 0 Å². The van der Waals surface area contributed by atoms with Gasteiger partial charge in [0.1, 0.15) is 0 Å². The van der Waals surface area contributed by atoms with E-state index in [0.29, 0.717) is 25.7 Å². The first-order valence-corrected chi connectivity index (χ1v) is 26.6. The van der Waals surface area contributed by atoms with Crippen LogP contribution in [-0.4, -0.2) is 44.8 Å². The third-order valence-electron chi connectivity index (χ3n) is 13.6. The zero-order valence-corrected chi connectivity index (χ0v) is 39.7. The van der Waals surface area contributed by atoms with Crippen molar-refractivity contribution in [1.29, 1.82) is 0 Å². The number of rotatable bonds is 48. The summed E-state index contributed by atoms with van der Waals surface area (Å²) in [5, 5.41) is 48.8. The molecule has 0 saturated carbocycles. The predicted octanol–water partition coefficient (Wildman–Crippen LogP) is 16.7. The van der Waals surface area contributed by atoms with Crippen molar-refractivity contribution >= 4 is 0 Å². The van der Waals surface area contributed by atoms with Crippen LogP contribution in [0.2, 0.25) is 0 Å². The van der Waals surface area contributed by atoms with Crippen LogP contribution in [0.3, 0.4) is 0 Å². The van der Waals surface area contributed by atoms with Crippen LogP contribution in [0.25, 0.3) is 0 Å². The summed E-state index contributed by atoms with van der Waals surface area (Å²) in [6.07, 6.45) is 48.0. The Balaban J connectivity index is 5.55. The van der Waals surface area contributed by atoms with Gasteiger partial charge < -0.3 is 20.4 Å². The van der Waals surface area contributed by atoms with Gasteiger partial charge in [0.15, 0.2) is 0 Å². The summed E-state index contributed by atoms with van der Waals surface area (Å²) in [5.74, 6) is 0. The largest absolute Gasteiger partial charge is 0.392 e. The smallest absolute Gasteiger partial charge is 0.0739 e. The third kappa shape index (κ3) is 31.4. The van der Waals surface area contributed by atoms with E-state index >= 15 is 0 Å². The number of aliphatic hydroxyl groups excluding tert-OH is 4. The van der Waals surface area contributed by atoms with E-state index in [9.17, 15) is 20.4 Å². The molecule has 4 atom stereocenters. The van der Waals surface area contributed by atoms with E-state index in [4.69, 9.17) is 0 Å². The monoisotopic (exact) mass is 809 g/mol. The van der Waals surface area contributed by atoms with Crippen molar-refractivity contribution < 1.29 is 20.4 Å². The molecule has 0 aliphatic rings. The van der Waals surface area contributed by atoms with Crippen molar-refractivity contribution in [3.05, 3.63) is 0 Å². The predicted molar refractivity (Wildman–Crippen MR) is 252 cm³/mol. The van der Waals surface area contributed by atoms with Gasteiger partial charge in [0.25, 0.3) is 0 Å². The number of aliphatic hydroxyl groups is 4. The van der Waals surface area contributed by atoms with Crippen molar-refractivity contribution in [2.45, 2.75) is 335 Å². The Morgan fingerprint density at radius 3 is 0.474 bits per heavy atom. The summed E-state index contributed by atoms with van der Waals surface area (Å²) in [6, 6.07) is 0. The summed E-state index contributed by atoms with van der Waals surface area (Å²) < 4.78 is 0. The van der Waals surface area contributed by atoms with Gasteiger partial charge in [0.2, 0.25) is 0 Å². The lowest BCUT2D eigenvalue weighted by Crippen LogP contribution is -2.60. The van der Waals surface area contributed by atoms with Crippen molar-refractivity contribution in [1.82, 2.24) is 0 Å². The first kappa shape index (κ1) is 56.8. The molecule has 0 fully saturated rings. The lowest BCUT2D eigenvalue weighted by atomic mass is 9.63. The average molecular weight is 809 g/mol. The normalized spacial score (nSPS) is 15.2. The number of hydrogen-bond acceptors (Lipinski definition) is 4. The average Bonchev–Trinajstić information content (AvgIpc) is 3.21. The van der Waals surface area contributed by atoms with Crippen molar-refractivity contribution in [2.24, 2.45) is 5.41 Å². The zero-order valence-electron chi connectivity index (χ0n) is 39.7. The standard InChI is InChI=1S/C53H108O4/c1-5-9-13-17-21-25-29-33-37-41-45-49(54)53(50(55)46-42-38-34-30-26-22-18-14-10-6-2,51(56)47-43-39-35-31-27-23-19-15-11-7-3)52(57)48-44-40-36-32-28-24-20-16-12-8-4/h49-52,54-57H,5-48H2,1-4H3. The molecule has 344 valence electrons. The molecule has 0 aromatic heterocycles. The number of unbranched alkanes of at least 4 members (excludes halogenated alkanes) is 36. The molecule has 0 radical (unpaired) electrons. The van der Waals surface area contributed by atoms with Gasteiger partial charge in [-0.1, -0.05) is 285 Å². The second-order valence-electron chi connectivity index (χ2n) is 18.9. The SMILES string of the molecule is CCCCCCCCCCCCC(O)C(C(O)CCCCCCCCCCCC)(C(O)CCCCCCCCCCCC)C(O)CCCCCCCCCCCC. The van der Waals surface area contributed by atoms with E-state index in [1.54, 1.807) is 0 Å². The fourth-order valence-corrected chi connectivity index (χ4v) is 9.63. The van der Waals surface area contributed by atoms with Crippen LogP contribution in [0.4, 0.5) is 0 Å². The lowest BCUT2D eigenvalue weighted by molar-refractivity contribution is -0.201. The van der Waals surface area contributed by atoms with Gasteiger partial charge in [0.05, 0.1) is 29.8 Å². The van der Waals surface area contributed by atoms with Crippen LogP contribution < -0.4 is 0 Å². The molecule has 4 nitrogen and oxygen atoms in total. The molecular formula is C53H108O4. The quantitative estimate of drug-likeness (QED) is 0.0462. The summed E-state index contributed by atoms with van der Waals surface area (Å²) in [4.78, 5) is 0. The zero-order chi connectivity index (χ0) is 41.9. The van der Waals surface area contributed by atoms with E-state index in [1.165, 1.54) is 205 Å². The Morgan fingerprint density at radius 1 is 0.211 bits per heavy atom. The highest BCUT2D eigenvalue weighted by atomic mass is 16.3. The summed E-state index contributed by atoms with van der Waals surface area (Å²) in [6.45, 7) is 9.09. The van der Waals surface area contributed by atoms with Gasteiger partial charge in [-0.2, -0.15) is 0 Å². The molecule has 0 aromatic carbocycles. The molecule has 4 N–H and O–H groups in total. The second kappa shape index (κ2) is 43.9. The maximum Gasteiger partial charge on any atom is 0.0739 e. The number of hydrogen-bond donors (Lipinski definition) is 4. The third-order valence-corrected chi connectivity index (χ3v) is 13.6. The first-order valence-electron chi connectivity index (χ1n) is 26.6. The fourth-order valence-electron chi connectivity index (χ4n) is 9.63. The maximum absolute atomic E-state index is 12.2. The van der Waals surface area contributed by atoms with Gasteiger partial charge in [-0.25, -0.2) is 0 Å². The molecule has 0 spiro atoms. The lowest BCUT2D eigenvalue weighted by Gasteiger charge is -2.49. The topological polar surface area (TPSA) is 80.9 Å². The Kier molecular flexibility index (Phi) is 43.8. The molecule has 0 saturated heterocycles. The van der Waals surface area contributed by atoms with Crippen LogP contribution >= 0.6 is 0 Å². The Bertz CT molecular complexity index is 632. The fraction of sp³-hybridized carbons (Fsp3) is 1.00. The minimum Gasteiger partial charge on any atom is -0.392 e. The Hall–Kier alpha value is -0.160. The van der Waals surface area contributed by atoms with Crippen LogP contribution in [0.5, 0.6) is 0 Å². The first-order chi connectivity index (χ1) is 27.9. The molecule has 0 rings (SSSR count). The summed E-state index contributed by atoms with van der Waals surface area (Å²) in [5.41, 5.74) is -1.28. The van der Waals surface area contributed by atoms with Gasteiger partial charge in [-0.3, -0.25) is 0 Å². The molecule has 0 aromatic rings. The van der Waals surface area contributed by atoms with Gasteiger partial charge in [-0.15, -0.1) is 0 Å². The van der Waals surface area contributed by atoms with E-state index in [1.807, 2.05) is 0 Å². The summed E-state index contributed by atoms with van der Waals surface area (Å²) >= 11 is 0. The highest BCUT2D eigenvalue weighted by Gasteiger charge is 2.54. The molecule has 0 aliphatic heterocycles. The minimum absolute atomic E-state index is 0.551. The molecule has 0 amide bonds. The molecule has 4 heteroatoms. The van der Waals surface area contributed by atoms with E-state index in [-0.39, 0.29) is 0 Å². The van der Waals surface area contributed by atoms with Crippen LogP contribution in [-0.2, 0) is 0 Å². The van der Waals surface area contributed by atoms with E-state index in [2.05, 4.69) is 27.7 Å². The van der Waals surface area contributed by atoms with Crippen LogP contribution in [0, 0.1) is 5.41 Å². The highest BCUT2D eigenvalue weighted by molar-refractivity contribution is 5.03. The summed E-state index contributed by atoms with van der Waals surface area (Å²) in [7, 11) is 0. The molecule has 0 bridgehead atoms. The Morgan fingerprint density at radius 2 is 0.333 bits per heavy atom. The minimum atomic E-state index is -1.28. The Labute approximate surface area is 359 Å². The van der Waals surface area contributed by atoms with Crippen molar-refractivity contribution in [3.8, 4) is 0 Å². The van der Waals surface area contributed by atoms with Gasteiger partial charge in [-0.05, 0) is 25.7 Å². The van der Waals surface area contributed by atoms with Crippen molar-refractivity contribution in [2.75, 3.05) is 0 Å².